The van der Waals surface area contributed by atoms with Crippen LogP contribution in [0.15, 0.2) is 48.5 Å². The van der Waals surface area contributed by atoms with E-state index in [-0.39, 0.29) is 5.91 Å². The zero-order chi connectivity index (χ0) is 20.4. The smallest absolute Gasteiger partial charge is 0.238 e. The molecule has 0 bridgehead atoms. The van der Waals surface area contributed by atoms with Gasteiger partial charge in [0.15, 0.2) is 0 Å². The number of fused-ring (bicyclic) bond motifs is 1. The van der Waals surface area contributed by atoms with Crippen LogP contribution in [0.25, 0.3) is 5.69 Å². The van der Waals surface area contributed by atoms with Gasteiger partial charge in [-0.15, -0.1) is 0 Å². The van der Waals surface area contributed by atoms with Gasteiger partial charge >= 0.3 is 0 Å². The second kappa shape index (κ2) is 8.21. The van der Waals surface area contributed by atoms with Crippen molar-refractivity contribution in [3.8, 4) is 5.69 Å². The summed E-state index contributed by atoms with van der Waals surface area (Å²) in [4.78, 5) is 14.6. The van der Waals surface area contributed by atoms with Gasteiger partial charge in [-0.1, -0.05) is 24.3 Å². The third-order valence-electron chi connectivity index (χ3n) is 5.67. The average molecular weight is 389 g/mol. The van der Waals surface area contributed by atoms with Crippen LogP contribution >= 0.6 is 0 Å². The van der Waals surface area contributed by atoms with Gasteiger partial charge in [-0.05, 0) is 75.5 Å². The van der Waals surface area contributed by atoms with Crippen LogP contribution in [0.2, 0.25) is 0 Å². The number of aromatic nitrogens is 2. The number of likely N-dealkylation sites (N-methyl/N-ethyl adjacent to an activating group) is 1. The molecule has 0 radical (unpaired) electrons. The Morgan fingerprint density at radius 3 is 2.66 bits per heavy atom. The van der Waals surface area contributed by atoms with Gasteiger partial charge in [0, 0.05) is 23.5 Å². The third-order valence-corrected chi connectivity index (χ3v) is 5.67. The van der Waals surface area contributed by atoms with Crippen molar-refractivity contribution >= 4 is 11.6 Å². The van der Waals surface area contributed by atoms with Crippen molar-refractivity contribution in [1.29, 1.82) is 0 Å². The van der Waals surface area contributed by atoms with Crippen LogP contribution in [0.1, 0.15) is 34.5 Å². The molecule has 1 N–H and O–H groups in total. The van der Waals surface area contributed by atoms with Gasteiger partial charge in [0.05, 0.1) is 17.9 Å². The Morgan fingerprint density at radius 1 is 1.10 bits per heavy atom. The highest BCUT2D eigenvalue weighted by atomic mass is 16.2. The Kier molecular flexibility index (Phi) is 5.49. The first-order valence-electron chi connectivity index (χ1n) is 10.2. The van der Waals surface area contributed by atoms with Crippen molar-refractivity contribution in [2.24, 2.45) is 0 Å². The minimum Gasteiger partial charge on any atom is -0.325 e. The summed E-state index contributed by atoms with van der Waals surface area (Å²) in [7, 11) is 1.97. The lowest BCUT2D eigenvalue weighted by Crippen LogP contribution is -2.30. The minimum absolute atomic E-state index is 0.0104. The number of benzene rings is 2. The second-order valence-corrected chi connectivity index (χ2v) is 7.95. The fourth-order valence-corrected chi connectivity index (χ4v) is 4.15. The zero-order valence-corrected chi connectivity index (χ0v) is 17.4. The summed E-state index contributed by atoms with van der Waals surface area (Å²) in [5.41, 5.74) is 8.01. The monoisotopic (exact) mass is 388 g/mol. The van der Waals surface area contributed by atoms with Crippen LogP contribution < -0.4 is 5.32 Å². The van der Waals surface area contributed by atoms with E-state index in [0.717, 1.165) is 35.6 Å². The number of hydrogen-bond acceptors (Lipinski definition) is 3. The van der Waals surface area contributed by atoms with Crippen LogP contribution in [-0.4, -0.2) is 34.2 Å². The zero-order valence-electron chi connectivity index (χ0n) is 17.4. The van der Waals surface area contributed by atoms with Crippen molar-refractivity contribution in [2.45, 2.75) is 39.7 Å². The molecule has 1 aliphatic carbocycles. The van der Waals surface area contributed by atoms with E-state index in [0.29, 0.717) is 13.1 Å². The highest BCUT2D eigenvalue weighted by molar-refractivity contribution is 5.92. The van der Waals surface area contributed by atoms with Gasteiger partial charge in [-0.3, -0.25) is 9.69 Å². The number of nitrogens with one attached hydrogen (secondary N) is 1. The predicted octanol–water partition coefficient (Wildman–Crippen LogP) is 4.05. The Hall–Kier alpha value is -2.92. The second-order valence-electron chi connectivity index (χ2n) is 7.95. The number of aryl methyl sites for hydroxylation is 3. The lowest BCUT2D eigenvalue weighted by molar-refractivity contribution is -0.117. The summed E-state index contributed by atoms with van der Waals surface area (Å²) in [5, 5.41) is 7.75. The molecule has 0 unspecified atom stereocenters. The molecule has 0 fully saturated rings. The molecule has 0 saturated heterocycles. The number of para-hydroxylation sites is 1. The fourth-order valence-electron chi connectivity index (χ4n) is 4.15. The van der Waals surface area contributed by atoms with Crippen molar-refractivity contribution in [1.82, 2.24) is 14.7 Å². The lowest BCUT2D eigenvalue weighted by Gasteiger charge is -2.17. The van der Waals surface area contributed by atoms with Crippen LogP contribution in [-0.2, 0) is 24.2 Å². The predicted molar refractivity (Wildman–Crippen MR) is 116 cm³/mol. The average Bonchev–Trinajstić information content (AvgIpc) is 3.28. The highest BCUT2D eigenvalue weighted by Crippen LogP contribution is 2.25. The highest BCUT2D eigenvalue weighted by Gasteiger charge is 2.17. The maximum Gasteiger partial charge on any atom is 0.238 e. The molecule has 150 valence electrons. The third kappa shape index (κ3) is 4.25. The number of nitrogens with zero attached hydrogens (tertiary/aromatic N) is 3. The first-order valence-corrected chi connectivity index (χ1v) is 10.2. The molecule has 1 heterocycles. The molecule has 0 aliphatic heterocycles. The standard InChI is InChI=1S/C24H28N4O/c1-17-23(18(2)28(26-17)22-10-5-4-6-11-22)15-27(3)16-24(29)25-21-13-12-19-8-7-9-20(19)14-21/h4-6,10-14H,7-9,15-16H2,1-3H3,(H,25,29). The Bertz CT molecular complexity index is 1020. The largest absolute Gasteiger partial charge is 0.325 e. The van der Waals surface area contributed by atoms with E-state index in [2.05, 4.69) is 36.5 Å². The van der Waals surface area contributed by atoms with E-state index in [1.807, 2.05) is 47.8 Å². The number of amides is 1. The first-order chi connectivity index (χ1) is 14.0. The van der Waals surface area contributed by atoms with Gasteiger partial charge < -0.3 is 5.32 Å². The van der Waals surface area contributed by atoms with Crippen LogP contribution in [0, 0.1) is 13.8 Å². The molecule has 5 nitrogen and oxygen atoms in total. The molecular formula is C24H28N4O. The number of carbonyl (C=O) groups excluding carboxylic acids is 1. The number of hydrogen-bond donors (Lipinski definition) is 1. The summed E-state index contributed by atoms with van der Waals surface area (Å²) in [5.74, 6) is 0.0104. The summed E-state index contributed by atoms with van der Waals surface area (Å²) >= 11 is 0. The lowest BCUT2D eigenvalue weighted by atomic mass is 10.1. The number of carbonyl (C=O) groups is 1. The molecule has 1 aliphatic rings. The molecule has 0 atom stereocenters. The van der Waals surface area contributed by atoms with E-state index >= 15 is 0 Å². The maximum atomic E-state index is 12.5. The minimum atomic E-state index is 0.0104. The van der Waals surface area contributed by atoms with E-state index in [9.17, 15) is 4.79 Å². The van der Waals surface area contributed by atoms with Gasteiger partial charge in [0.2, 0.25) is 5.91 Å². The van der Waals surface area contributed by atoms with E-state index in [1.54, 1.807) is 0 Å². The maximum absolute atomic E-state index is 12.5. The van der Waals surface area contributed by atoms with Crippen LogP contribution in [0.4, 0.5) is 5.69 Å². The molecule has 5 heteroatoms. The summed E-state index contributed by atoms with van der Waals surface area (Å²) in [6, 6.07) is 16.4. The molecule has 3 aromatic rings. The molecule has 1 amide bonds. The van der Waals surface area contributed by atoms with Crippen molar-refractivity contribution in [2.75, 3.05) is 18.9 Å². The molecule has 0 spiro atoms. The topological polar surface area (TPSA) is 50.2 Å². The Balaban J connectivity index is 1.40. The summed E-state index contributed by atoms with van der Waals surface area (Å²) < 4.78 is 1.98. The van der Waals surface area contributed by atoms with Crippen LogP contribution in [0.5, 0.6) is 0 Å². The van der Waals surface area contributed by atoms with Gasteiger partial charge in [0.25, 0.3) is 0 Å². The Morgan fingerprint density at radius 2 is 1.86 bits per heavy atom. The van der Waals surface area contributed by atoms with Gasteiger partial charge in [-0.2, -0.15) is 5.10 Å². The van der Waals surface area contributed by atoms with Crippen molar-refractivity contribution < 1.29 is 4.79 Å². The SMILES string of the molecule is Cc1nn(-c2ccccc2)c(C)c1CN(C)CC(=O)Nc1ccc2c(c1)CCC2. The molecule has 2 aromatic carbocycles. The molecule has 29 heavy (non-hydrogen) atoms. The first kappa shape index (κ1) is 19.4. The molecule has 1 aromatic heterocycles. The normalized spacial score (nSPS) is 13.0. The van der Waals surface area contributed by atoms with Crippen LogP contribution in [0.3, 0.4) is 0 Å². The fraction of sp³-hybridized carbons (Fsp3) is 0.333. The molecule has 4 rings (SSSR count). The van der Waals surface area contributed by atoms with Crippen molar-refractivity contribution in [3.63, 3.8) is 0 Å². The van der Waals surface area contributed by atoms with Gasteiger partial charge in [-0.25, -0.2) is 4.68 Å². The van der Waals surface area contributed by atoms with E-state index in [4.69, 9.17) is 5.10 Å². The quantitative estimate of drug-likeness (QED) is 0.693. The van der Waals surface area contributed by atoms with E-state index < -0.39 is 0 Å². The Labute approximate surface area is 172 Å². The van der Waals surface area contributed by atoms with E-state index in [1.165, 1.54) is 23.1 Å². The number of anilines is 1. The van der Waals surface area contributed by atoms with Crippen molar-refractivity contribution in [3.05, 3.63) is 76.6 Å². The molecular weight excluding hydrogens is 360 g/mol. The number of rotatable bonds is 6. The summed E-state index contributed by atoms with van der Waals surface area (Å²) in [6.07, 6.45) is 3.48. The van der Waals surface area contributed by atoms with Gasteiger partial charge in [0.1, 0.15) is 0 Å². The summed E-state index contributed by atoms with van der Waals surface area (Å²) in [6.45, 7) is 5.13. The molecule has 0 saturated carbocycles.